The van der Waals surface area contributed by atoms with E-state index in [1.165, 1.54) is 41.6 Å². The molecule has 10 heteroatoms. The van der Waals surface area contributed by atoms with E-state index in [4.69, 9.17) is 0 Å². The Bertz CT molecular complexity index is 1040. The minimum Gasteiger partial charge on any atom is -0.507 e. The van der Waals surface area contributed by atoms with E-state index in [1.807, 2.05) is 11.9 Å². The maximum Gasteiger partial charge on any atom is 0.149 e. The van der Waals surface area contributed by atoms with Gasteiger partial charge in [0.25, 0.3) is 0 Å². The van der Waals surface area contributed by atoms with E-state index in [9.17, 15) is 13.9 Å². The number of hydrogen-bond donors (Lipinski definition) is 2. The number of piperidine rings is 1. The van der Waals surface area contributed by atoms with Crippen LogP contribution in [0.5, 0.6) is 5.75 Å². The van der Waals surface area contributed by atoms with Crippen LogP contribution in [0.3, 0.4) is 0 Å². The summed E-state index contributed by atoms with van der Waals surface area (Å²) in [6.07, 6.45) is 7.47. The molecule has 3 aromatic rings. The van der Waals surface area contributed by atoms with Crippen LogP contribution in [0, 0.1) is 5.82 Å². The van der Waals surface area contributed by atoms with Gasteiger partial charge in [-0.05, 0) is 25.3 Å². The third kappa shape index (κ3) is 3.17. The lowest BCUT2D eigenvalue weighted by Crippen LogP contribution is -2.55. The van der Waals surface area contributed by atoms with Gasteiger partial charge in [-0.15, -0.1) is 5.10 Å². The lowest BCUT2D eigenvalue weighted by atomic mass is 9.96. The highest BCUT2D eigenvalue weighted by atomic mass is 19.1. The van der Waals surface area contributed by atoms with Crippen LogP contribution in [0.2, 0.25) is 0 Å². The molecule has 2 fully saturated rings. The highest BCUT2D eigenvalue weighted by Gasteiger charge is 2.43. The van der Waals surface area contributed by atoms with Crippen molar-refractivity contribution < 1.29 is 13.9 Å². The number of phenolic OH excluding ortho intramolecular Hbond substituents is 1. The van der Waals surface area contributed by atoms with Crippen LogP contribution >= 0.6 is 0 Å². The molecule has 4 atom stereocenters. The standard InChI is InChI=1S/C20H21F2N7O/c1-28(17-6-11-2-3-14(26-11)20(17)22)19-10-23-15(9-24-19)12-7-13(21)16(8-18(12)30)29-5-4-25-27-29/h4-5,7-11,14,17,20,26,30H,2-3,6H2,1H3/t11?,14?,17-,20+/m0/s1. The molecule has 1 aromatic carbocycles. The van der Waals surface area contributed by atoms with E-state index < -0.39 is 12.0 Å². The highest BCUT2D eigenvalue weighted by Crippen LogP contribution is 2.34. The molecule has 0 saturated carbocycles. The molecule has 2 unspecified atom stereocenters. The summed E-state index contributed by atoms with van der Waals surface area (Å²) < 4.78 is 30.6. The van der Waals surface area contributed by atoms with Gasteiger partial charge in [-0.25, -0.2) is 18.4 Å². The molecule has 5 rings (SSSR count). The summed E-state index contributed by atoms with van der Waals surface area (Å²) in [5, 5.41) is 21.1. The molecule has 0 amide bonds. The van der Waals surface area contributed by atoms with E-state index in [2.05, 4.69) is 25.6 Å². The summed E-state index contributed by atoms with van der Waals surface area (Å²) in [6.45, 7) is 0. The maximum absolute atomic E-state index is 14.8. The molecule has 8 nitrogen and oxygen atoms in total. The zero-order chi connectivity index (χ0) is 20.8. The van der Waals surface area contributed by atoms with Crippen molar-refractivity contribution in [2.24, 2.45) is 0 Å². The van der Waals surface area contributed by atoms with E-state index >= 15 is 0 Å². The number of aromatic hydroxyl groups is 1. The predicted octanol–water partition coefficient (Wildman–Crippen LogP) is 2.24. The van der Waals surface area contributed by atoms with Crippen molar-refractivity contribution in [3.05, 3.63) is 42.7 Å². The zero-order valence-electron chi connectivity index (χ0n) is 16.3. The average molecular weight is 413 g/mol. The first kappa shape index (κ1) is 18.9. The van der Waals surface area contributed by atoms with E-state index in [1.54, 1.807) is 0 Å². The first-order valence-corrected chi connectivity index (χ1v) is 9.86. The Kier molecular flexibility index (Phi) is 4.58. The first-order valence-electron chi connectivity index (χ1n) is 9.86. The van der Waals surface area contributed by atoms with Crippen LogP contribution in [-0.2, 0) is 0 Å². The zero-order valence-corrected chi connectivity index (χ0v) is 16.3. The van der Waals surface area contributed by atoms with Gasteiger partial charge >= 0.3 is 0 Å². The SMILES string of the molecule is CN(c1cnc(-c2cc(F)c(-n3ccnn3)cc2O)cn1)[C@H]1CC2CCC(N2)[C@H]1F. The van der Waals surface area contributed by atoms with Crippen LogP contribution in [0.4, 0.5) is 14.6 Å². The topological polar surface area (TPSA) is 92.0 Å². The predicted molar refractivity (Wildman–Crippen MR) is 106 cm³/mol. The molecule has 2 aromatic heterocycles. The van der Waals surface area contributed by atoms with Gasteiger partial charge in [0.2, 0.25) is 0 Å². The Labute approximate surface area is 171 Å². The Morgan fingerprint density at radius 2 is 2.10 bits per heavy atom. The van der Waals surface area contributed by atoms with Crippen molar-refractivity contribution >= 4 is 5.82 Å². The van der Waals surface area contributed by atoms with Crippen molar-refractivity contribution in [2.75, 3.05) is 11.9 Å². The number of phenols is 1. The summed E-state index contributed by atoms with van der Waals surface area (Å²) >= 11 is 0. The second-order valence-electron chi connectivity index (χ2n) is 7.83. The normalized spacial score (nSPS) is 25.4. The van der Waals surface area contributed by atoms with Crippen molar-refractivity contribution in [1.82, 2.24) is 30.3 Å². The van der Waals surface area contributed by atoms with Crippen molar-refractivity contribution in [1.29, 1.82) is 0 Å². The quantitative estimate of drug-likeness (QED) is 0.678. The molecule has 30 heavy (non-hydrogen) atoms. The molecule has 2 bridgehead atoms. The fourth-order valence-corrected chi connectivity index (χ4v) is 4.43. The van der Waals surface area contributed by atoms with Gasteiger partial charge < -0.3 is 15.3 Å². The summed E-state index contributed by atoms with van der Waals surface area (Å²) in [6, 6.07) is 2.41. The molecule has 2 aliphatic rings. The molecule has 0 aliphatic carbocycles. The van der Waals surface area contributed by atoms with Crippen LogP contribution in [-0.4, -0.2) is 61.4 Å². The van der Waals surface area contributed by atoms with Crippen molar-refractivity contribution in [2.45, 2.75) is 43.6 Å². The van der Waals surface area contributed by atoms with Gasteiger partial charge in [-0.3, -0.25) is 4.98 Å². The molecule has 4 heterocycles. The monoisotopic (exact) mass is 413 g/mol. The van der Waals surface area contributed by atoms with Gasteiger partial charge in [-0.2, -0.15) is 0 Å². The number of nitrogens with one attached hydrogen (secondary N) is 1. The van der Waals surface area contributed by atoms with Crippen LogP contribution in [0.1, 0.15) is 19.3 Å². The number of nitrogens with zero attached hydrogens (tertiary/aromatic N) is 6. The lowest BCUT2D eigenvalue weighted by Gasteiger charge is -2.38. The van der Waals surface area contributed by atoms with Crippen LogP contribution < -0.4 is 10.2 Å². The van der Waals surface area contributed by atoms with Crippen LogP contribution in [0.25, 0.3) is 16.9 Å². The number of rotatable bonds is 4. The number of benzene rings is 1. The number of aromatic nitrogens is 5. The third-order valence-corrected chi connectivity index (χ3v) is 6.06. The Balaban J connectivity index is 1.39. The van der Waals surface area contributed by atoms with Gasteiger partial charge in [-0.1, -0.05) is 5.21 Å². The first-order chi connectivity index (χ1) is 14.5. The molecule has 2 N–H and O–H groups in total. The molecule has 0 spiro atoms. The molecular formula is C20H21F2N7O. The summed E-state index contributed by atoms with van der Waals surface area (Å²) in [5.41, 5.74) is 0.602. The number of anilines is 1. The summed E-state index contributed by atoms with van der Waals surface area (Å²) in [7, 11) is 1.82. The minimum absolute atomic E-state index is 0.0765. The molecule has 2 aliphatic heterocycles. The lowest BCUT2D eigenvalue weighted by molar-refractivity contribution is 0.176. The third-order valence-electron chi connectivity index (χ3n) is 6.06. The minimum atomic E-state index is -0.974. The van der Waals surface area contributed by atoms with Gasteiger partial charge in [0, 0.05) is 30.8 Å². The summed E-state index contributed by atoms with van der Waals surface area (Å²) in [4.78, 5) is 10.5. The van der Waals surface area contributed by atoms with Gasteiger partial charge in [0.15, 0.2) is 0 Å². The molecule has 0 radical (unpaired) electrons. The summed E-state index contributed by atoms with van der Waals surface area (Å²) in [5.74, 6) is -0.204. The second kappa shape index (κ2) is 7.28. The Morgan fingerprint density at radius 1 is 1.23 bits per heavy atom. The maximum atomic E-state index is 14.8. The Hall–Kier alpha value is -3.14. The van der Waals surface area contributed by atoms with Gasteiger partial charge in [0.05, 0.1) is 36.5 Å². The number of fused-ring (bicyclic) bond motifs is 2. The van der Waals surface area contributed by atoms with E-state index in [0.29, 0.717) is 24.0 Å². The van der Waals surface area contributed by atoms with Crippen molar-refractivity contribution in [3.8, 4) is 22.7 Å². The van der Waals surface area contributed by atoms with E-state index in [-0.39, 0.29) is 29.1 Å². The molecule has 2 saturated heterocycles. The van der Waals surface area contributed by atoms with Crippen LogP contribution in [0.15, 0.2) is 36.9 Å². The molecular weight excluding hydrogens is 392 g/mol. The average Bonchev–Trinajstić information content (AvgIpc) is 3.42. The molecule has 156 valence electrons. The smallest absolute Gasteiger partial charge is 0.149 e. The largest absolute Gasteiger partial charge is 0.507 e. The fraction of sp³-hybridized carbons (Fsp3) is 0.400. The number of alkyl halides is 1. The number of hydrogen-bond acceptors (Lipinski definition) is 7. The highest BCUT2D eigenvalue weighted by molar-refractivity contribution is 5.69. The van der Waals surface area contributed by atoms with E-state index in [0.717, 1.165) is 12.8 Å². The number of halogens is 2. The Morgan fingerprint density at radius 3 is 2.83 bits per heavy atom. The fourth-order valence-electron chi connectivity index (χ4n) is 4.43. The van der Waals surface area contributed by atoms with Crippen molar-refractivity contribution in [3.63, 3.8) is 0 Å². The second-order valence-corrected chi connectivity index (χ2v) is 7.83. The van der Waals surface area contributed by atoms with Gasteiger partial charge in [0.1, 0.15) is 29.2 Å².